The molecular weight excluding hydrogens is 192 g/mol. The summed E-state index contributed by atoms with van der Waals surface area (Å²) in [4.78, 5) is 2.35. The Hall–Kier alpha value is -0.160. The Labute approximate surface area is 92.4 Å². The largest absolute Gasteiger partial charge is 0.395 e. The van der Waals surface area contributed by atoms with Gasteiger partial charge < -0.3 is 15.6 Å². The van der Waals surface area contributed by atoms with Gasteiger partial charge in [0.25, 0.3) is 0 Å². The molecule has 0 aromatic heterocycles. The van der Waals surface area contributed by atoms with E-state index < -0.39 is 0 Å². The van der Waals surface area contributed by atoms with Crippen LogP contribution < -0.4 is 5.73 Å². The van der Waals surface area contributed by atoms with Crippen molar-refractivity contribution >= 4 is 0 Å². The summed E-state index contributed by atoms with van der Waals surface area (Å²) in [7, 11) is 1.65. The number of nitrogens with two attached hydrogens (primary N) is 1. The lowest BCUT2D eigenvalue weighted by molar-refractivity contribution is 0.0620. The average Bonchev–Trinajstić information content (AvgIpc) is 2.67. The van der Waals surface area contributed by atoms with E-state index in [2.05, 4.69) is 11.8 Å². The van der Waals surface area contributed by atoms with Crippen molar-refractivity contribution < 1.29 is 9.84 Å². The number of nitrogens with zero attached hydrogens (tertiary/aromatic N) is 1. The molecule has 0 aromatic carbocycles. The number of ether oxygens (including phenoxy) is 1. The molecule has 0 amide bonds. The third-order valence-corrected chi connectivity index (χ3v) is 3.36. The first-order valence-electron chi connectivity index (χ1n) is 5.85. The highest BCUT2D eigenvalue weighted by molar-refractivity contribution is 4.89. The first-order chi connectivity index (χ1) is 7.24. The van der Waals surface area contributed by atoms with Gasteiger partial charge in [0, 0.05) is 19.2 Å². The molecule has 1 aliphatic rings. The van der Waals surface area contributed by atoms with Gasteiger partial charge in [0.2, 0.25) is 0 Å². The van der Waals surface area contributed by atoms with E-state index in [-0.39, 0.29) is 18.7 Å². The number of methoxy groups -OCH3 is 1. The normalized spacial score (nSPS) is 26.8. The minimum absolute atomic E-state index is 0.0531. The van der Waals surface area contributed by atoms with E-state index in [1.807, 2.05) is 0 Å². The molecular formula is C11H24N2O2. The van der Waals surface area contributed by atoms with Crippen LogP contribution >= 0.6 is 0 Å². The molecule has 1 rings (SSSR count). The summed E-state index contributed by atoms with van der Waals surface area (Å²) >= 11 is 0. The number of aliphatic hydroxyl groups is 1. The Kier molecular flexibility index (Phi) is 5.53. The third-order valence-electron chi connectivity index (χ3n) is 3.36. The summed E-state index contributed by atoms with van der Waals surface area (Å²) in [6.45, 7) is 3.89. The Morgan fingerprint density at radius 1 is 1.60 bits per heavy atom. The summed E-state index contributed by atoms with van der Waals surface area (Å²) in [6, 6.07) is 0.551. The molecule has 0 aliphatic carbocycles. The van der Waals surface area contributed by atoms with Crippen molar-refractivity contribution in [2.24, 2.45) is 5.73 Å². The Morgan fingerprint density at radius 2 is 2.33 bits per heavy atom. The fourth-order valence-electron chi connectivity index (χ4n) is 2.52. The first kappa shape index (κ1) is 12.9. The summed E-state index contributed by atoms with van der Waals surface area (Å²) in [5, 5.41) is 9.42. The zero-order valence-electron chi connectivity index (χ0n) is 9.85. The highest BCUT2D eigenvalue weighted by Crippen LogP contribution is 2.23. The quantitative estimate of drug-likeness (QED) is 0.666. The molecule has 0 bridgehead atoms. The van der Waals surface area contributed by atoms with Crippen LogP contribution in [0.5, 0.6) is 0 Å². The molecule has 3 unspecified atom stereocenters. The van der Waals surface area contributed by atoms with E-state index in [4.69, 9.17) is 10.5 Å². The fourth-order valence-corrected chi connectivity index (χ4v) is 2.52. The summed E-state index contributed by atoms with van der Waals surface area (Å²) < 4.78 is 5.05. The molecule has 90 valence electrons. The fraction of sp³-hybridized carbons (Fsp3) is 1.00. The second kappa shape index (κ2) is 6.43. The second-order valence-electron chi connectivity index (χ2n) is 4.31. The van der Waals surface area contributed by atoms with E-state index in [1.54, 1.807) is 7.11 Å². The lowest BCUT2D eigenvalue weighted by Gasteiger charge is -2.34. The van der Waals surface area contributed by atoms with E-state index >= 15 is 0 Å². The van der Waals surface area contributed by atoms with E-state index in [1.165, 1.54) is 12.8 Å². The van der Waals surface area contributed by atoms with Crippen molar-refractivity contribution in [2.45, 2.75) is 44.3 Å². The molecule has 0 radical (unpaired) electrons. The smallest absolute Gasteiger partial charge is 0.0629 e. The Bertz CT molecular complexity index is 178. The van der Waals surface area contributed by atoms with Gasteiger partial charge in [-0.05, 0) is 25.8 Å². The van der Waals surface area contributed by atoms with Crippen molar-refractivity contribution in [3.05, 3.63) is 0 Å². The lowest BCUT2D eigenvalue weighted by atomic mass is 10.1. The Morgan fingerprint density at radius 3 is 2.87 bits per heavy atom. The van der Waals surface area contributed by atoms with E-state index in [0.717, 1.165) is 13.0 Å². The zero-order valence-corrected chi connectivity index (χ0v) is 9.85. The van der Waals surface area contributed by atoms with Gasteiger partial charge in [0.15, 0.2) is 0 Å². The number of aliphatic hydroxyl groups excluding tert-OH is 1. The van der Waals surface area contributed by atoms with Crippen molar-refractivity contribution in [3.8, 4) is 0 Å². The highest BCUT2D eigenvalue weighted by atomic mass is 16.5. The van der Waals surface area contributed by atoms with Crippen LogP contribution in [0.2, 0.25) is 0 Å². The van der Waals surface area contributed by atoms with Crippen LogP contribution in [-0.2, 0) is 4.74 Å². The van der Waals surface area contributed by atoms with Gasteiger partial charge in [-0.1, -0.05) is 6.92 Å². The Balaban J connectivity index is 2.56. The van der Waals surface area contributed by atoms with Gasteiger partial charge in [0.1, 0.15) is 0 Å². The zero-order chi connectivity index (χ0) is 11.3. The van der Waals surface area contributed by atoms with Crippen molar-refractivity contribution in [1.29, 1.82) is 0 Å². The molecule has 0 spiro atoms. The highest BCUT2D eigenvalue weighted by Gasteiger charge is 2.32. The standard InChI is InChI=1S/C11H24N2O2/c1-3-9-5-4-6-13(9)11(7-14)10(12)8-15-2/h9-11,14H,3-8,12H2,1-2H3. The summed E-state index contributed by atoms with van der Waals surface area (Å²) in [6.07, 6.45) is 3.58. The SMILES string of the molecule is CCC1CCCN1C(CO)C(N)COC. The van der Waals surface area contributed by atoms with Crippen LogP contribution in [0.1, 0.15) is 26.2 Å². The number of rotatable bonds is 6. The maximum Gasteiger partial charge on any atom is 0.0629 e. The second-order valence-corrected chi connectivity index (χ2v) is 4.31. The molecule has 15 heavy (non-hydrogen) atoms. The number of likely N-dealkylation sites (tertiary alicyclic amines) is 1. The summed E-state index contributed by atoms with van der Waals surface area (Å²) in [5.41, 5.74) is 6.01. The van der Waals surface area contributed by atoms with Gasteiger partial charge in [-0.2, -0.15) is 0 Å². The van der Waals surface area contributed by atoms with Gasteiger partial charge in [-0.3, -0.25) is 4.90 Å². The topological polar surface area (TPSA) is 58.7 Å². The lowest BCUT2D eigenvalue weighted by Crippen LogP contribution is -2.53. The molecule has 0 saturated carbocycles. The van der Waals surface area contributed by atoms with Crippen molar-refractivity contribution in [3.63, 3.8) is 0 Å². The number of hydrogen-bond donors (Lipinski definition) is 2. The first-order valence-corrected chi connectivity index (χ1v) is 5.85. The van der Waals surface area contributed by atoms with Crippen LogP contribution in [0.4, 0.5) is 0 Å². The van der Waals surface area contributed by atoms with Gasteiger partial charge in [-0.25, -0.2) is 0 Å². The molecule has 1 saturated heterocycles. The van der Waals surface area contributed by atoms with Gasteiger partial charge in [-0.15, -0.1) is 0 Å². The number of hydrogen-bond acceptors (Lipinski definition) is 4. The van der Waals surface area contributed by atoms with Crippen LogP contribution in [0.3, 0.4) is 0 Å². The van der Waals surface area contributed by atoms with Gasteiger partial charge in [0.05, 0.1) is 19.3 Å². The molecule has 1 aliphatic heterocycles. The van der Waals surface area contributed by atoms with E-state index in [9.17, 15) is 5.11 Å². The molecule has 3 N–H and O–H groups in total. The molecule has 1 fully saturated rings. The minimum Gasteiger partial charge on any atom is -0.395 e. The minimum atomic E-state index is -0.0906. The van der Waals surface area contributed by atoms with Gasteiger partial charge >= 0.3 is 0 Å². The maximum atomic E-state index is 9.42. The van der Waals surface area contributed by atoms with Crippen molar-refractivity contribution in [2.75, 3.05) is 26.9 Å². The van der Waals surface area contributed by atoms with Crippen LogP contribution in [0.15, 0.2) is 0 Å². The molecule has 4 heteroatoms. The van der Waals surface area contributed by atoms with Crippen LogP contribution in [0.25, 0.3) is 0 Å². The molecule has 1 heterocycles. The van der Waals surface area contributed by atoms with Crippen LogP contribution in [0, 0.1) is 0 Å². The summed E-state index contributed by atoms with van der Waals surface area (Å²) in [5.74, 6) is 0. The molecule has 4 nitrogen and oxygen atoms in total. The third kappa shape index (κ3) is 3.14. The van der Waals surface area contributed by atoms with Crippen molar-refractivity contribution in [1.82, 2.24) is 4.90 Å². The molecule has 3 atom stereocenters. The van der Waals surface area contributed by atoms with Crippen LogP contribution in [-0.4, -0.2) is 55.0 Å². The average molecular weight is 216 g/mol. The molecule has 0 aromatic rings. The predicted molar refractivity (Wildman–Crippen MR) is 60.7 cm³/mol. The monoisotopic (exact) mass is 216 g/mol. The predicted octanol–water partition coefficient (Wildman–Crippen LogP) is 0.195. The van der Waals surface area contributed by atoms with E-state index in [0.29, 0.717) is 12.6 Å². The maximum absolute atomic E-state index is 9.42.